The van der Waals surface area contributed by atoms with E-state index in [0.29, 0.717) is 30.0 Å². The predicted molar refractivity (Wildman–Crippen MR) is 128 cm³/mol. The van der Waals surface area contributed by atoms with Crippen molar-refractivity contribution in [1.29, 1.82) is 0 Å². The lowest BCUT2D eigenvalue weighted by Crippen LogP contribution is -2.46. The zero-order valence-corrected chi connectivity index (χ0v) is 20.8. The zero-order chi connectivity index (χ0) is 27.1. The van der Waals surface area contributed by atoms with E-state index in [1.54, 1.807) is 6.07 Å². The molecule has 3 heterocycles. The summed E-state index contributed by atoms with van der Waals surface area (Å²) < 4.78 is 85.6. The summed E-state index contributed by atoms with van der Waals surface area (Å²) >= 11 is 0. The molecule has 0 spiro atoms. The Morgan fingerprint density at radius 2 is 1.74 bits per heavy atom. The third-order valence-corrected chi connectivity index (χ3v) is 8.89. The molecule has 200 valence electrons. The van der Waals surface area contributed by atoms with E-state index in [1.807, 2.05) is 0 Å². The minimum absolute atomic E-state index is 0.00384. The molecule has 1 aromatic heterocycles. The summed E-state index contributed by atoms with van der Waals surface area (Å²) in [5.41, 5.74) is 0.600. The van der Waals surface area contributed by atoms with Gasteiger partial charge in [-0.15, -0.1) is 0 Å². The fraction of sp³-hybridized carbons (Fsp3) is 0.346. The zero-order valence-electron chi connectivity index (χ0n) is 19.9. The molecule has 2 aliphatic rings. The lowest BCUT2D eigenvalue weighted by Gasteiger charge is -2.27. The topological polar surface area (TPSA) is 89.5 Å². The summed E-state index contributed by atoms with van der Waals surface area (Å²) in [4.78, 5) is 21.5. The number of Topliss-reactive ketones (excluding diaryl/α,β-unsaturated/α-hetero) is 1. The highest BCUT2D eigenvalue weighted by Gasteiger charge is 2.52. The minimum Gasteiger partial charge on any atom is -0.379 e. The van der Waals surface area contributed by atoms with Crippen molar-refractivity contribution in [2.45, 2.75) is 42.4 Å². The van der Waals surface area contributed by atoms with Crippen molar-refractivity contribution >= 4 is 15.8 Å². The van der Waals surface area contributed by atoms with Gasteiger partial charge in [0.05, 0.1) is 41.5 Å². The first-order valence-electron chi connectivity index (χ1n) is 11.9. The third kappa shape index (κ3) is 5.20. The average molecular weight is 550 g/mol. The van der Waals surface area contributed by atoms with Gasteiger partial charge in [0.1, 0.15) is 12.1 Å². The number of sulfonamides is 1. The Bertz CT molecular complexity index is 1430. The number of hydrogen-bond acceptors (Lipinski definition) is 6. The van der Waals surface area contributed by atoms with Crippen LogP contribution in [-0.4, -0.2) is 53.8 Å². The highest BCUT2D eigenvalue weighted by Crippen LogP contribution is 2.39. The first kappa shape index (κ1) is 26.4. The second-order valence-electron chi connectivity index (χ2n) is 9.34. The molecule has 0 unspecified atom stereocenters. The highest BCUT2D eigenvalue weighted by atomic mass is 32.2. The number of alkyl halides is 3. The van der Waals surface area contributed by atoms with E-state index in [-0.39, 0.29) is 36.0 Å². The molecule has 0 saturated carbocycles. The van der Waals surface area contributed by atoms with Gasteiger partial charge >= 0.3 is 6.18 Å². The Kier molecular flexibility index (Phi) is 7.05. The molecule has 38 heavy (non-hydrogen) atoms. The van der Waals surface area contributed by atoms with E-state index < -0.39 is 39.7 Å². The van der Waals surface area contributed by atoms with E-state index >= 15 is 0 Å². The molecule has 3 aromatic rings. The van der Waals surface area contributed by atoms with Gasteiger partial charge in [-0.25, -0.2) is 22.8 Å². The summed E-state index contributed by atoms with van der Waals surface area (Å²) in [5, 5.41) is 0. The Balaban J connectivity index is 1.32. The van der Waals surface area contributed by atoms with Crippen molar-refractivity contribution < 1.29 is 35.5 Å². The van der Waals surface area contributed by atoms with E-state index in [0.717, 1.165) is 24.3 Å². The number of ketones is 1. The predicted octanol–water partition coefficient (Wildman–Crippen LogP) is 4.28. The molecule has 3 atom stereocenters. The Hall–Kier alpha value is -3.22. The van der Waals surface area contributed by atoms with Gasteiger partial charge in [-0.1, -0.05) is 12.1 Å². The number of ether oxygens (including phenoxy) is 1. The van der Waals surface area contributed by atoms with Crippen molar-refractivity contribution in [1.82, 2.24) is 14.3 Å². The summed E-state index contributed by atoms with van der Waals surface area (Å²) in [7, 11) is -4.08. The summed E-state index contributed by atoms with van der Waals surface area (Å²) in [5.74, 6) is -0.968. The summed E-state index contributed by atoms with van der Waals surface area (Å²) in [6.07, 6.45) is -2.65. The number of fused-ring (bicyclic) bond motifs is 1. The van der Waals surface area contributed by atoms with Crippen molar-refractivity contribution in [3.05, 3.63) is 78.0 Å². The van der Waals surface area contributed by atoms with Crippen LogP contribution < -0.4 is 0 Å². The second-order valence-corrected chi connectivity index (χ2v) is 11.2. The molecule has 0 aliphatic carbocycles. The first-order chi connectivity index (χ1) is 18.0. The smallest absolute Gasteiger partial charge is 0.379 e. The number of nitrogens with zero attached hydrogens (tertiary/aromatic N) is 3. The maximum absolute atomic E-state index is 13.5. The summed E-state index contributed by atoms with van der Waals surface area (Å²) in [6, 6.07) is 9.28. The van der Waals surface area contributed by atoms with Crippen LogP contribution in [0.4, 0.5) is 17.6 Å². The highest BCUT2D eigenvalue weighted by molar-refractivity contribution is 7.89. The van der Waals surface area contributed by atoms with Gasteiger partial charge < -0.3 is 4.74 Å². The van der Waals surface area contributed by atoms with Crippen LogP contribution in [0.3, 0.4) is 0 Å². The lowest BCUT2D eigenvalue weighted by atomic mass is 9.99. The normalized spacial score (nSPS) is 21.9. The fourth-order valence-corrected chi connectivity index (χ4v) is 6.85. The average Bonchev–Trinajstić information content (AvgIpc) is 3.49. The van der Waals surface area contributed by atoms with E-state index in [2.05, 4.69) is 9.97 Å². The number of rotatable bonds is 7. The number of carbonyl (C=O) groups is 1. The molecule has 2 saturated heterocycles. The molecule has 0 radical (unpaired) electrons. The molecule has 12 heteroatoms. The Morgan fingerprint density at radius 3 is 2.42 bits per heavy atom. The van der Waals surface area contributed by atoms with Crippen LogP contribution in [0.25, 0.3) is 11.3 Å². The quantitative estimate of drug-likeness (QED) is 0.409. The van der Waals surface area contributed by atoms with Crippen LogP contribution >= 0.6 is 0 Å². The van der Waals surface area contributed by atoms with Crippen LogP contribution in [-0.2, 0) is 32.2 Å². The monoisotopic (exact) mass is 549 g/mol. The number of aryl methyl sites for hydroxylation is 1. The maximum atomic E-state index is 13.5. The molecule has 0 bridgehead atoms. The SMILES string of the molecule is O=C(CCc1cc(-c2ccc(C(F)(F)F)cc2)ncn1)[C@H]1C[C@@H]2COC[C@@H]2N1S(=O)(=O)c1ccc(F)cc1. The van der Waals surface area contributed by atoms with Crippen LogP contribution in [0.1, 0.15) is 24.1 Å². The molecule has 2 aromatic carbocycles. The molecule has 2 aliphatic heterocycles. The Labute approximate surface area is 216 Å². The molecular weight excluding hydrogens is 526 g/mol. The second kappa shape index (κ2) is 10.2. The number of benzene rings is 2. The summed E-state index contributed by atoms with van der Waals surface area (Å²) in [6.45, 7) is 0.531. The van der Waals surface area contributed by atoms with Gasteiger partial charge in [-0.05, 0) is 55.3 Å². The van der Waals surface area contributed by atoms with Gasteiger partial charge in [-0.3, -0.25) is 4.79 Å². The molecule has 0 N–H and O–H groups in total. The Morgan fingerprint density at radius 1 is 1.03 bits per heavy atom. The first-order valence-corrected chi connectivity index (χ1v) is 13.4. The van der Waals surface area contributed by atoms with Crippen molar-refractivity contribution in [3.63, 3.8) is 0 Å². The maximum Gasteiger partial charge on any atom is 0.416 e. The molecule has 5 rings (SSSR count). The number of halogens is 4. The van der Waals surface area contributed by atoms with Gasteiger partial charge in [0.15, 0.2) is 5.78 Å². The lowest BCUT2D eigenvalue weighted by molar-refractivity contribution is -0.137. The number of carbonyl (C=O) groups excluding carboxylic acids is 1. The van der Waals surface area contributed by atoms with E-state index in [4.69, 9.17) is 4.74 Å². The van der Waals surface area contributed by atoms with Crippen molar-refractivity contribution in [2.24, 2.45) is 5.92 Å². The largest absolute Gasteiger partial charge is 0.416 e. The van der Waals surface area contributed by atoms with Crippen LogP contribution in [0.2, 0.25) is 0 Å². The van der Waals surface area contributed by atoms with Gasteiger partial charge in [0.25, 0.3) is 0 Å². The van der Waals surface area contributed by atoms with Gasteiger partial charge in [-0.2, -0.15) is 17.5 Å². The fourth-order valence-electron chi connectivity index (χ4n) is 5.00. The number of hydrogen-bond donors (Lipinski definition) is 0. The van der Waals surface area contributed by atoms with Crippen LogP contribution in [0.5, 0.6) is 0 Å². The van der Waals surface area contributed by atoms with Gasteiger partial charge in [0, 0.05) is 23.6 Å². The molecule has 2 fully saturated rings. The third-order valence-electron chi connectivity index (χ3n) is 6.94. The van der Waals surface area contributed by atoms with Crippen molar-refractivity contribution in [3.8, 4) is 11.3 Å². The molecule has 7 nitrogen and oxygen atoms in total. The van der Waals surface area contributed by atoms with E-state index in [1.165, 1.54) is 34.9 Å². The minimum atomic E-state index is -4.45. The molecular formula is C26H23F4N3O4S. The molecule has 0 amide bonds. The number of aromatic nitrogens is 2. The van der Waals surface area contributed by atoms with Gasteiger partial charge in [0.2, 0.25) is 10.0 Å². The standard InChI is InChI=1S/C26H23F4N3O4S/c27-19-5-8-21(9-6-19)38(35,36)33-23(11-17-13-37-14-24(17)33)25(34)10-7-20-12-22(32-15-31-20)16-1-3-18(4-2-16)26(28,29)30/h1-6,8-9,12,15,17,23-24H,7,10-11,13-14H2/t17-,23-,24+/m1/s1. The van der Waals surface area contributed by atoms with E-state index in [9.17, 15) is 30.8 Å². The van der Waals surface area contributed by atoms with Crippen LogP contribution in [0, 0.1) is 11.7 Å². The van der Waals surface area contributed by atoms with Crippen molar-refractivity contribution in [2.75, 3.05) is 13.2 Å². The van der Waals surface area contributed by atoms with Crippen LogP contribution in [0.15, 0.2) is 65.8 Å².